The average molecular weight is 187 g/mol. The highest BCUT2D eigenvalue weighted by molar-refractivity contribution is 6.70. The minimum Gasteiger partial charge on any atom is -0.390 e. The van der Waals surface area contributed by atoms with E-state index in [-0.39, 0.29) is 10.7 Å². The third-order valence-corrected chi connectivity index (χ3v) is 1.96. The van der Waals surface area contributed by atoms with Gasteiger partial charge < -0.3 is 5.32 Å². The van der Waals surface area contributed by atoms with Crippen LogP contribution in [0.5, 0.6) is 0 Å². The fourth-order valence-corrected chi connectivity index (χ4v) is 0.906. The maximum Gasteiger partial charge on any atom is 0.154 e. The number of halogens is 1. The predicted octanol–water partition coefficient (Wildman–Crippen LogP) is 1.28. The second-order valence-corrected chi connectivity index (χ2v) is 3.26. The zero-order chi connectivity index (χ0) is 8.97. The van der Waals surface area contributed by atoms with Crippen molar-refractivity contribution in [3.63, 3.8) is 0 Å². The molecule has 0 heterocycles. The van der Waals surface area contributed by atoms with E-state index in [4.69, 9.17) is 17.0 Å². The van der Waals surface area contributed by atoms with Gasteiger partial charge in [-0.25, -0.2) is 0 Å². The molecule has 0 amide bonds. The summed E-state index contributed by atoms with van der Waals surface area (Å²) in [6, 6.07) is 0. The van der Waals surface area contributed by atoms with Crippen LogP contribution in [-0.2, 0) is 4.79 Å². The van der Waals surface area contributed by atoms with Gasteiger partial charge in [0.25, 0.3) is 0 Å². The Morgan fingerprint density at radius 3 is 2.75 bits per heavy atom. The number of hydrogen-bond donors (Lipinski definition) is 2. The van der Waals surface area contributed by atoms with Gasteiger partial charge in [-0.15, -0.1) is 0 Å². The third-order valence-electron chi connectivity index (χ3n) is 1.74. The zero-order valence-corrected chi connectivity index (χ0v) is 7.40. The Morgan fingerprint density at radius 1 is 1.67 bits per heavy atom. The number of aldehydes is 1. The van der Waals surface area contributed by atoms with Crippen molar-refractivity contribution in [1.82, 2.24) is 5.32 Å². The molecule has 0 spiro atoms. The summed E-state index contributed by atoms with van der Waals surface area (Å²) in [7, 11) is 0. The lowest BCUT2D eigenvalue weighted by molar-refractivity contribution is -0.104. The largest absolute Gasteiger partial charge is 0.390 e. The molecule has 1 saturated carbocycles. The van der Waals surface area contributed by atoms with Crippen LogP contribution in [-0.4, -0.2) is 18.0 Å². The first kappa shape index (κ1) is 9.26. The van der Waals surface area contributed by atoms with Gasteiger partial charge in [-0.2, -0.15) is 0 Å². The van der Waals surface area contributed by atoms with E-state index in [9.17, 15) is 4.79 Å². The van der Waals surface area contributed by atoms with Crippen molar-refractivity contribution in [1.29, 1.82) is 5.41 Å². The molecule has 0 aromatic carbocycles. The van der Waals surface area contributed by atoms with E-state index >= 15 is 0 Å². The van der Waals surface area contributed by atoms with Crippen molar-refractivity contribution < 1.29 is 4.79 Å². The topological polar surface area (TPSA) is 53.0 Å². The summed E-state index contributed by atoms with van der Waals surface area (Å²) in [5.41, 5.74) is 0.206. The molecule has 0 bridgehead atoms. The molecule has 4 heteroatoms. The molecule has 0 aromatic rings. The van der Waals surface area contributed by atoms with Gasteiger partial charge in [0.05, 0.1) is 5.57 Å². The number of nitrogens with one attached hydrogen (secondary N) is 2. The van der Waals surface area contributed by atoms with Crippen LogP contribution >= 0.6 is 11.6 Å². The molecule has 1 aliphatic carbocycles. The number of carbonyl (C=O) groups is 1. The lowest BCUT2D eigenvalue weighted by Gasteiger charge is -1.98. The van der Waals surface area contributed by atoms with E-state index in [1.54, 1.807) is 0 Å². The Balaban J connectivity index is 2.29. The summed E-state index contributed by atoms with van der Waals surface area (Å²) >= 11 is 5.32. The Kier molecular flexibility index (Phi) is 3.29. The van der Waals surface area contributed by atoms with E-state index in [1.165, 1.54) is 19.0 Å². The minimum absolute atomic E-state index is 0.206. The molecule has 1 fully saturated rings. The fraction of sp³-hybridized carbons (Fsp3) is 0.500. The molecule has 0 radical (unpaired) electrons. The lowest BCUT2D eigenvalue weighted by Crippen LogP contribution is -2.11. The molecule has 0 aliphatic heterocycles. The number of rotatable bonds is 5. The van der Waals surface area contributed by atoms with Crippen molar-refractivity contribution in [2.75, 3.05) is 6.54 Å². The Labute approximate surface area is 76.3 Å². The van der Waals surface area contributed by atoms with Crippen LogP contribution in [0.1, 0.15) is 12.8 Å². The second-order valence-electron chi connectivity index (χ2n) is 2.88. The monoisotopic (exact) mass is 186 g/mol. The van der Waals surface area contributed by atoms with Crippen molar-refractivity contribution in [2.45, 2.75) is 12.8 Å². The third kappa shape index (κ3) is 3.05. The van der Waals surface area contributed by atoms with Gasteiger partial charge in [-0.05, 0) is 18.8 Å². The number of hydrogen-bond acceptors (Lipinski definition) is 3. The molecule has 0 aromatic heterocycles. The molecule has 0 atom stereocenters. The maximum atomic E-state index is 10.3. The van der Waals surface area contributed by atoms with Crippen molar-refractivity contribution in [3.05, 3.63) is 11.8 Å². The average Bonchev–Trinajstić information content (AvgIpc) is 2.80. The van der Waals surface area contributed by atoms with Crippen LogP contribution in [0.25, 0.3) is 0 Å². The molecule has 12 heavy (non-hydrogen) atoms. The Morgan fingerprint density at radius 2 is 2.33 bits per heavy atom. The predicted molar refractivity (Wildman–Crippen MR) is 48.5 cm³/mol. The fourth-order valence-electron chi connectivity index (χ4n) is 0.807. The summed E-state index contributed by atoms with van der Waals surface area (Å²) in [6.45, 7) is 0.876. The summed E-state index contributed by atoms with van der Waals surface area (Å²) in [6.07, 6.45) is 4.60. The van der Waals surface area contributed by atoms with Crippen LogP contribution in [0.3, 0.4) is 0 Å². The molecule has 0 saturated heterocycles. The molecule has 0 unspecified atom stereocenters. The highest BCUT2D eigenvalue weighted by Crippen LogP contribution is 2.27. The molecular formula is C8H11ClN2O. The Bertz CT molecular complexity index is 221. The van der Waals surface area contributed by atoms with Gasteiger partial charge in [-0.3, -0.25) is 10.2 Å². The summed E-state index contributed by atoms with van der Waals surface area (Å²) in [5, 5.41) is 9.73. The summed E-state index contributed by atoms with van der Waals surface area (Å²) in [5.74, 6) is 0.749. The molecule has 2 N–H and O–H groups in total. The summed E-state index contributed by atoms with van der Waals surface area (Å²) < 4.78 is 0. The zero-order valence-electron chi connectivity index (χ0n) is 6.64. The van der Waals surface area contributed by atoms with Crippen molar-refractivity contribution in [3.8, 4) is 0 Å². The lowest BCUT2D eigenvalue weighted by atomic mass is 10.3. The molecule has 3 nitrogen and oxygen atoms in total. The maximum absolute atomic E-state index is 10.3. The van der Waals surface area contributed by atoms with E-state index in [0.29, 0.717) is 6.29 Å². The van der Waals surface area contributed by atoms with Gasteiger partial charge >= 0.3 is 0 Å². The number of allylic oxidation sites excluding steroid dienone is 1. The highest BCUT2D eigenvalue weighted by atomic mass is 35.5. The molecular weight excluding hydrogens is 176 g/mol. The quantitative estimate of drug-likeness (QED) is 0.386. The first-order chi connectivity index (χ1) is 5.74. The van der Waals surface area contributed by atoms with Crippen LogP contribution < -0.4 is 5.32 Å². The van der Waals surface area contributed by atoms with Gasteiger partial charge in [0.2, 0.25) is 0 Å². The first-order valence-corrected chi connectivity index (χ1v) is 4.25. The SMILES string of the molecule is N=C(Cl)/C(C=O)=C\NCC1CC1. The van der Waals surface area contributed by atoms with Gasteiger partial charge in [-0.1, -0.05) is 11.6 Å². The van der Waals surface area contributed by atoms with Crippen molar-refractivity contribution in [2.24, 2.45) is 5.92 Å². The molecule has 1 aliphatic rings. The second kappa shape index (κ2) is 4.26. The van der Waals surface area contributed by atoms with E-state index < -0.39 is 0 Å². The van der Waals surface area contributed by atoms with E-state index in [1.807, 2.05) is 0 Å². The van der Waals surface area contributed by atoms with Gasteiger partial charge in [0.15, 0.2) is 6.29 Å². The van der Waals surface area contributed by atoms with E-state index in [2.05, 4.69) is 5.32 Å². The minimum atomic E-state index is -0.215. The number of carbonyl (C=O) groups excluding carboxylic acids is 1. The normalized spacial score (nSPS) is 17.2. The van der Waals surface area contributed by atoms with Crippen LogP contribution in [0.15, 0.2) is 11.8 Å². The summed E-state index contributed by atoms with van der Waals surface area (Å²) in [4.78, 5) is 10.3. The van der Waals surface area contributed by atoms with Crippen molar-refractivity contribution >= 4 is 23.1 Å². The first-order valence-electron chi connectivity index (χ1n) is 3.87. The standard InChI is InChI=1S/C8H11ClN2O/c9-8(10)7(5-12)4-11-3-6-1-2-6/h4-6,10-11H,1-3H2/b7-4-,10-8?. The Hall–Kier alpha value is -0.830. The molecule has 66 valence electrons. The highest BCUT2D eigenvalue weighted by Gasteiger charge is 2.19. The van der Waals surface area contributed by atoms with Crippen LogP contribution in [0.4, 0.5) is 0 Å². The smallest absolute Gasteiger partial charge is 0.154 e. The van der Waals surface area contributed by atoms with Crippen LogP contribution in [0, 0.1) is 11.3 Å². The van der Waals surface area contributed by atoms with Gasteiger partial charge in [0, 0.05) is 12.7 Å². The van der Waals surface area contributed by atoms with E-state index in [0.717, 1.165) is 12.5 Å². The molecule has 1 rings (SSSR count). The van der Waals surface area contributed by atoms with Gasteiger partial charge in [0.1, 0.15) is 5.17 Å². The van der Waals surface area contributed by atoms with Crippen LogP contribution in [0.2, 0.25) is 0 Å².